The molecule has 82 valence electrons. The smallest absolute Gasteiger partial charge is 0.306 e. The second-order valence-corrected chi connectivity index (χ2v) is 5.13. The molecule has 1 rings (SSSR count). The van der Waals surface area contributed by atoms with Crippen LogP contribution in [-0.2, 0) is 9.53 Å². The normalized spacial score (nSPS) is 18.1. The lowest BCUT2D eigenvalue weighted by Gasteiger charge is -2.25. The summed E-state index contributed by atoms with van der Waals surface area (Å²) in [6, 6.07) is 0. The first-order chi connectivity index (χ1) is 6.83. The molecule has 0 radical (unpaired) electrons. The summed E-state index contributed by atoms with van der Waals surface area (Å²) in [4.78, 5) is 13.4. The van der Waals surface area contributed by atoms with Gasteiger partial charge in [0, 0.05) is 36.5 Å². The Labute approximate surface area is 97.7 Å². The number of halogens is 1. The first-order valence-corrected chi connectivity index (χ1v) is 7.12. The molecule has 1 fully saturated rings. The summed E-state index contributed by atoms with van der Waals surface area (Å²) >= 11 is 5.20. The highest BCUT2D eigenvalue weighted by molar-refractivity contribution is 9.09. The highest BCUT2D eigenvalue weighted by atomic mass is 79.9. The van der Waals surface area contributed by atoms with Crippen LogP contribution >= 0.6 is 27.7 Å². The minimum absolute atomic E-state index is 0.103. The van der Waals surface area contributed by atoms with Crippen LogP contribution in [0.15, 0.2) is 0 Å². The van der Waals surface area contributed by atoms with Crippen molar-refractivity contribution in [2.75, 3.05) is 43.1 Å². The van der Waals surface area contributed by atoms with Crippen LogP contribution in [0.5, 0.6) is 0 Å². The van der Waals surface area contributed by atoms with Crippen molar-refractivity contribution in [2.45, 2.75) is 6.42 Å². The predicted molar refractivity (Wildman–Crippen MR) is 63.1 cm³/mol. The molecule has 0 aromatic heterocycles. The summed E-state index contributed by atoms with van der Waals surface area (Å²) in [5.74, 6) is 2.30. The Morgan fingerprint density at radius 2 is 2.14 bits per heavy atom. The molecule has 0 unspecified atom stereocenters. The van der Waals surface area contributed by atoms with Gasteiger partial charge in [-0.05, 0) is 0 Å². The molecule has 0 spiro atoms. The first-order valence-electron chi connectivity index (χ1n) is 4.84. The molecule has 1 aliphatic rings. The molecule has 5 heteroatoms. The van der Waals surface area contributed by atoms with Gasteiger partial charge in [-0.2, -0.15) is 11.8 Å². The molecule has 0 aromatic carbocycles. The molecule has 0 N–H and O–H groups in total. The van der Waals surface area contributed by atoms with Crippen LogP contribution in [0, 0.1) is 0 Å². The van der Waals surface area contributed by atoms with Crippen LogP contribution in [0.1, 0.15) is 6.42 Å². The fourth-order valence-corrected chi connectivity index (χ4v) is 2.57. The molecule has 0 aromatic rings. The molecule has 0 aliphatic carbocycles. The van der Waals surface area contributed by atoms with Gasteiger partial charge in [0.1, 0.15) is 6.61 Å². The number of hydrogen-bond donors (Lipinski definition) is 0. The van der Waals surface area contributed by atoms with E-state index in [9.17, 15) is 4.79 Å². The van der Waals surface area contributed by atoms with Crippen LogP contribution in [-0.4, -0.2) is 53.9 Å². The molecule has 0 amide bonds. The van der Waals surface area contributed by atoms with Gasteiger partial charge in [-0.1, -0.05) is 15.9 Å². The van der Waals surface area contributed by atoms with Crippen molar-refractivity contribution >= 4 is 33.7 Å². The van der Waals surface area contributed by atoms with Gasteiger partial charge < -0.3 is 4.74 Å². The molecule has 3 nitrogen and oxygen atoms in total. The predicted octanol–water partition coefficient (Wildman–Crippen LogP) is 1.36. The van der Waals surface area contributed by atoms with Crippen LogP contribution < -0.4 is 0 Å². The number of hydrogen-bond acceptors (Lipinski definition) is 4. The topological polar surface area (TPSA) is 29.5 Å². The molecular formula is C9H16BrNO2S. The van der Waals surface area contributed by atoms with Gasteiger partial charge in [0.15, 0.2) is 0 Å². The Morgan fingerprint density at radius 1 is 1.43 bits per heavy atom. The maximum Gasteiger partial charge on any atom is 0.306 e. The summed E-state index contributed by atoms with van der Waals surface area (Å²) in [5, 5.41) is 0.687. The Bertz CT molecular complexity index is 174. The number of carbonyl (C=O) groups is 1. The SMILES string of the molecule is O=C(CCBr)OCCN1CCSCC1. The maximum absolute atomic E-state index is 11.0. The molecular weight excluding hydrogens is 266 g/mol. The van der Waals surface area contributed by atoms with E-state index in [1.165, 1.54) is 11.5 Å². The highest BCUT2D eigenvalue weighted by Crippen LogP contribution is 2.08. The van der Waals surface area contributed by atoms with Crippen molar-refractivity contribution in [3.8, 4) is 0 Å². The number of nitrogens with zero attached hydrogens (tertiary/aromatic N) is 1. The minimum atomic E-state index is -0.103. The molecule has 0 saturated carbocycles. The monoisotopic (exact) mass is 281 g/mol. The first kappa shape index (κ1) is 12.3. The number of thioether (sulfide) groups is 1. The van der Waals surface area contributed by atoms with Gasteiger partial charge in [0.05, 0.1) is 6.42 Å². The third-order valence-corrected chi connectivity index (χ3v) is 3.41. The number of ether oxygens (including phenoxy) is 1. The number of rotatable bonds is 5. The van der Waals surface area contributed by atoms with Crippen molar-refractivity contribution in [3.05, 3.63) is 0 Å². The van der Waals surface area contributed by atoms with Crippen molar-refractivity contribution in [3.63, 3.8) is 0 Å². The van der Waals surface area contributed by atoms with E-state index in [-0.39, 0.29) is 5.97 Å². The highest BCUT2D eigenvalue weighted by Gasteiger charge is 2.10. The lowest BCUT2D eigenvalue weighted by Crippen LogP contribution is -2.35. The van der Waals surface area contributed by atoms with Gasteiger partial charge in [-0.3, -0.25) is 9.69 Å². The average molecular weight is 282 g/mol. The molecule has 0 atom stereocenters. The summed E-state index contributed by atoms with van der Waals surface area (Å²) in [6.45, 7) is 3.67. The average Bonchev–Trinajstić information content (AvgIpc) is 2.20. The van der Waals surface area contributed by atoms with E-state index in [0.29, 0.717) is 18.4 Å². The third-order valence-electron chi connectivity index (χ3n) is 2.07. The van der Waals surface area contributed by atoms with E-state index in [1.54, 1.807) is 0 Å². The van der Waals surface area contributed by atoms with Gasteiger partial charge in [0.25, 0.3) is 0 Å². The summed E-state index contributed by atoms with van der Waals surface area (Å²) < 4.78 is 5.07. The Balaban J connectivity index is 1.99. The zero-order chi connectivity index (χ0) is 10.2. The summed E-state index contributed by atoms with van der Waals surface area (Å²) in [7, 11) is 0. The zero-order valence-corrected chi connectivity index (χ0v) is 10.6. The summed E-state index contributed by atoms with van der Waals surface area (Å²) in [6.07, 6.45) is 0.468. The Hall–Kier alpha value is 0.260. The molecule has 0 bridgehead atoms. The Morgan fingerprint density at radius 3 is 2.79 bits per heavy atom. The van der Waals surface area contributed by atoms with Crippen LogP contribution in [0.4, 0.5) is 0 Å². The van der Waals surface area contributed by atoms with Gasteiger partial charge >= 0.3 is 5.97 Å². The molecule has 1 heterocycles. The maximum atomic E-state index is 11.0. The van der Waals surface area contributed by atoms with E-state index < -0.39 is 0 Å². The van der Waals surface area contributed by atoms with E-state index in [2.05, 4.69) is 20.8 Å². The van der Waals surface area contributed by atoms with Gasteiger partial charge in [-0.25, -0.2) is 0 Å². The second-order valence-electron chi connectivity index (χ2n) is 3.11. The fourth-order valence-electron chi connectivity index (χ4n) is 1.26. The van der Waals surface area contributed by atoms with Gasteiger partial charge in [-0.15, -0.1) is 0 Å². The molecule has 1 aliphatic heterocycles. The molecule has 14 heavy (non-hydrogen) atoms. The fraction of sp³-hybridized carbons (Fsp3) is 0.889. The van der Waals surface area contributed by atoms with E-state index in [4.69, 9.17) is 4.74 Å². The minimum Gasteiger partial charge on any atom is -0.464 e. The van der Waals surface area contributed by atoms with Crippen LogP contribution in [0.25, 0.3) is 0 Å². The lowest BCUT2D eigenvalue weighted by atomic mass is 10.4. The number of carbonyl (C=O) groups excluding carboxylic acids is 1. The van der Waals surface area contributed by atoms with Crippen molar-refractivity contribution in [2.24, 2.45) is 0 Å². The van der Waals surface area contributed by atoms with Crippen molar-refractivity contribution in [1.82, 2.24) is 4.90 Å². The van der Waals surface area contributed by atoms with E-state index >= 15 is 0 Å². The largest absolute Gasteiger partial charge is 0.464 e. The van der Waals surface area contributed by atoms with Crippen molar-refractivity contribution < 1.29 is 9.53 Å². The lowest BCUT2D eigenvalue weighted by molar-refractivity contribution is -0.143. The van der Waals surface area contributed by atoms with Crippen molar-refractivity contribution in [1.29, 1.82) is 0 Å². The van der Waals surface area contributed by atoms with E-state index in [1.807, 2.05) is 11.8 Å². The summed E-state index contributed by atoms with van der Waals surface area (Å²) in [5.41, 5.74) is 0. The third kappa shape index (κ3) is 5.22. The van der Waals surface area contributed by atoms with Gasteiger partial charge in [0.2, 0.25) is 0 Å². The van der Waals surface area contributed by atoms with Crippen LogP contribution in [0.3, 0.4) is 0 Å². The standard InChI is InChI=1S/C9H16BrNO2S/c10-2-1-9(12)13-6-3-11-4-7-14-8-5-11/h1-8H2. The number of alkyl halides is 1. The molecule has 1 saturated heterocycles. The quantitative estimate of drug-likeness (QED) is 0.562. The van der Waals surface area contributed by atoms with Crippen LogP contribution in [0.2, 0.25) is 0 Å². The zero-order valence-electron chi connectivity index (χ0n) is 8.21. The Kier molecular flexibility index (Phi) is 6.64. The second kappa shape index (κ2) is 7.54. The van der Waals surface area contributed by atoms with E-state index in [0.717, 1.165) is 19.6 Å². The number of esters is 1.